The van der Waals surface area contributed by atoms with E-state index in [0.717, 1.165) is 5.69 Å². The van der Waals surface area contributed by atoms with Gasteiger partial charge in [0.05, 0.1) is 18.0 Å². The first-order valence-corrected chi connectivity index (χ1v) is 6.75. The van der Waals surface area contributed by atoms with Crippen molar-refractivity contribution in [3.05, 3.63) is 42.2 Å². The van der Waals surface area contributed by atoms with Gasteiger partial charge in [-0.3, -0.25) is 4.79 Å². The van der Waals surface area contributed by atoms with Gasteiger partial charge in [-0.05, 0) is 24.3 Å². The minimum absolute atomic E-state index is 0.142. The molecule has 0 aliphatic rings. The average Bonchev–Trinajstić information content (AvgIpc) is 2.53. The number of amides is 1. The number of aromatic nitrogens is 1. The van der Waals surface area contributed by atoms with Gasteiger partial charge in [-0.2, -0.15) is 0 Å². The topological polar surface area (TPSA) is 110 Å². The fourth-order valence-corrected chi connectivity index (χ4v) is 1.86. The molecule has 1 heterocycles. The Morgan fingerprint density at radius 1 is 1.41 bits per heavy atom. The van der Waals surface area contributed by atoms with Crippen LogP contribution in [0.5, 0.6) is 11.5 Å². The molecule has 1 aromatic carbocycles. The van der Waals surface area contributed by atoms with Gasteiger partial charge >= 0.3 is 0 Å². The van der Waals surface area contributed by atoms with Crippen molar-refractivity contribution in [3.8, 4) is 11.5 Å². The van der Waals surface area contributed by atoms with E-state index in [0.29, 0.717) is 17.2 Å². The number of carbonyl (C=O) groups excluding carboxylic acids is 1. The third-order valence-electron chi connectivity index (χ3n) is 2.90. The summed E-state index contributed by atoms with van der Waals surface area (Å²) >= 11 is 0. The van der Waals surface area contributed by atoms with Crippen molar-refractivity contribution in [2.45, 2.75) is 0 Å². The predicted octanol–water partition coefficient (Wildman–Crippen LogP) is 1.22. The van der Waals surface area contributed by atoms with E-state index in [9.17, 15) is 4.79 Å². The molecule has 0 spiro atoms. The minimum Gasteiger partial charge on any atom is -0.455 e. The molecule has 0 saturated heterocycles. The van der Waals surface area contributed by atoms with Gasteiger partial charge in [0.1, 0.15) is 5.75 Å². The third-order valence-corrected chi connectivity index (χ3v) is 2.90. The molecular formula is C15H18N4O3. The summed E-state index contributed by atoms with van der Waals surface area (Å²) in [5, 5.41) is 14.3. The summed E-state index contributed by atoms with van der Waals surface area (Å²) in [5.74, 6) is 0.403. The van der Waals surface area contributed by atoms with E-state index in [-0.39, 0.29) is 18.8 Å². The molecule has 116 valence electrons. The zero-order valence-corrected chi connectivity index (χ0v) is 12.2. The highest BCUT2D eigenvalue weighted by molar-refractivity contribution is 5.95. The lowest BCUT2D eigenvalue weighted by atomic mass is 10.2. The fourth-order valence-electron chi connectivity index (χ4n) is 1.86. The van der Waals surface area contributed by atoms with Crippen LogP contribution in [0.4, 0.5) is 11.4 Å². The van der Waals surface area contributed by atoms with Crippen molar-refractivity contribution in [2.75, 3.05) is 31.2 Å². The Morgan fingerprint density at radius 3 is 2.91 bits per heavy atom. The summed E-state index contributed by atoms with van der Waals surface area (Å²) in [4.78, 5) is 16.0. The highest BCUT2D eigenvalue weighted by Crippen LogP contribution is 2.29. The molecular weight excluding hydrogens is 284 g/mol. The molecule has 0 bridgehead atoms. The largest absolute Gasteiger partial charge is 0.455 e. The lowest BCUT2D eigenvalue weighted by molar-refractivity contribution is 0.0937. The summed E-state index contributed by atoms with van der Waals surface area (Å²) in [7, 11) is 1.77. The van der Waals surface area contributed by atoms with Crippen molar-refractivity contribution in [2.24, 2.45) is 0 Å². The molecule has 0 aliphatic carbocycles. The van der Waals surface area contributed by atoms with Crippen molar-refractivity contribution in [3.63, 3.8) is 0 Å². The molecule has 22 heavy (non-hydrogen) atoms. The lowest BCUT2D eigenvalue weighted by Crippen LogP contribution is -2.27. The Kier molecular flexibility index (Phi) is 5.16. The number of pyridine rings is 1. The highest BCUT2D eigenvalue weighted by Gasteiger charge is 2.14. The zero-order chi connectivity index (χ0) is 15.9. The second kappa shape index (κ2) is 7.28. The number of nitrogens with zero attached hydrogens (tertiary/aromatic N) is 1. The number of nitrogens with one attached hydrogen (secondary N) is 2. The first-order chi connectivity index (χ1) is 10.7. The number of aliphatic hydroxyl groups is 1. The molecule has 0 atom stereocenters. The van der Waals surface area contributed by atoms with Crippen LogP contribution in [0, 0.1) is 0 Å². The van der Waals surface area contributed by atoms with Gasteiger partial charge in [0, 0.05) is 25.9 Å². The van der Waals surface area contributed by atoms with E-state index < -0.39 is 5.91 Å². The molecule has 1 amide bonds. The van der Waals surface area contributed by atoms with Crippen molar-refractivity contribution >= 4 is 17.3 Å². The van der Waals surface area contributed by atoms with Gasteiger partial charge < -0.3 is 26.2 Å². The van der Waals surface area contributed by atoms with E-state index in [1.165, 1.54) is 6.20 Å². The quantitative estimate of drug-likeness (QED) is 0.597. The number of ether oxygens (including phenoxy) is 1. The van der Waals surface area contributed by atoms with Crippen LogP contribution in [0.25, 0.3) is 0 Å². The number of anilines is 2. The molecule has 7 heteroatoms. The number of nitrogen functional groups attached to an aromatic ring is 1. The number of aliphatic hydroxyl groups excluding tert-OH is 1. The second-order valence-corrected chi connectivity index (χ2v) is 4.43. The van der Waals surface area contributed by atoms with Crippen molar-refractivity contribution in [1.82, 2.24) is 10.3 Å². The van der Waals surface area contributed by atoms with Crippen molar-refractivity contribution in [1.29, 1.82) is 0 Å². The number of hydrogen-bond donors (Lipinski definition) is 4. The molecule has 0 saturated carbocycles. The number of hydrogen-bond acceptors (Lipinski definition) is 6. The number of nitrogens with two attached hydrogens (primary N) is 1. The first kappa shape index (κ1) is 15.6. The third kappa shape index (κ3) is 3.64. The first-order valence-electron chi connectivity index (χ1n) is 6.75. The van der Waals surface area contributed by atoms with Gasteiger partial charge in [-0.1, -0.05) is 0 Å². The van der Waals surface area contributed by atoms with Crippen LogP contribution in [-0.4, -0.2) is 36.2 Å². The monoisotopic (exact) mass is 302 g/mol. The van der Waals surface area contributed by atoms with E-state index in [1.807, 2.05) is 0 Å². The van der Waals surface area contributed by atoms with E-state index in [1.54, 1.807) is 37.4 Å². The van der Waals surface area contributed by atoms with Crippen LogP contribution in [-0.2, 0) is 0 Å². The molecule has 0 aliphatic heterocycles. The smallest absolute Gasteiger partial charge is 0.273 e. The van der Waals surface area contributed by atoms with E-state index in [2.05, 4.69) is 15.6 Å². The molecule has 1 aromatic heterocycles. The Hall–Kier alpha value is -2.80. The maximum absolute atomic E-state index is 12.0. The van der Waals surface area contributed by atoms with Crippen LogP contribution < -0.4 is 21.1 Å². The summed E-state index contributed by atoms with van der Waals surface area (Å²) in [6.45, 7) is 0.00936. The molecule has 5 N–H and O–H groups in total. The van der Waals surface area contributed by atoms with Crippen LogP contribution >= 0.6 is 0 Å². The van der Waals surface area contributed by atoms with Gasteiger partial charge in [0.25, 0.3) is 5.91 Å². The molecule has 0 unspecified atom stereocenters. The molecule has 0 fully saturated rings. The van der Waals surface area contributed by atoms with E-state index in [4.69, 9.17) is 15.6 Å². The zero-order valence-electron chi connectivity index (χ0n) is 12.2. The van der Waals surface area contributed by atoms with Crippen LogP contribution in [0.1, 0.15) is 10.5 Å². The summed E-state index contributed by atoms with van der Waals surface area (Å²) < 4.78 is 5.70. The second-order valence-electron chi connectivity index (χ2n) is 4.43. The maximum atomic E-state index is 12.0. The number of carbonyl (C=O) groups is 1. The Labute approximate surface area is 128 Å². The number of benzene rings is 1. The van der Waals surface area contributed by atoms with Gasteiger partial charge in [0.15, 0.2) is 11.4 Å². The van der Waals surface area contributed by atoms with Crippen molar-refractivity contribution < 1.29 is 14.6 Å². The van der Waals surface area contributed by atoms with Crippen LogP contribution in [0.2, 0.25) is 0 Å². The lowest BCUT2D eigenvalue weighted by Gasteiger charge is -2.12. The van der Waals surface area contributed by atoms with Gasteiger partial charge in [0.2, 0.25) is 0 Å². The SMILES string of the molecule is CNc1ccc(Oc2cccnc2C(=O)NCCO)cc1N. The van der Waals surface area contributed by atoms with Crippen LogP contribution in [0.3, 0.4) is 0 Å². The Bertz CT molecular complexity index is 661. The van der Waals surface area contributed by atoms with E-state index >= 15 is 0 Å². The molecule has 2 aromatic rings. The standard InChI is InChI=1S/C15H18N4O3/c1-17-12-5-4-10(9-11(12)16)22-13-3-2-6-18-14(13)15(21)19-7-8-20/h2-6,9,17,20H,7-8,16H2,1H3,(H,19,21). The Morgan fingerprint density at radius 2 is 2.23 bits per heavy atom. The Balaban J connectivity index is 2.22. The summed E-state index contributed by atoms with van der Waals surface area (Å²) in [6.07, 6.45) is 1.50. The summed E-state index contributed by atoms with van der Waals surface area (Å²) in [5.41, 5.74) is 7.36. The predicted molar refractivity (Wildman–Crippen MR) is 84.1 cm³/mol. The summed E-state index contributed by atoms with van der Waals surface area (Å²) in [6, 6.07) is 8.50. The normalized spacial score (nSPS) is 10.1. The maximum Gasteiger partial charge on any atom is 0.273 e. The fraction of sp³-hybridized carbons (Fsp3) is 0.200. The molecule has 0 radical (unpaired) electrons. The number of rotatable bonds is 6. The highest BCUT2D eigenvalue weighted by atomic mass is 16.5. The van der Waals surface area contributed by atoms with Gasteiger partial charge in [-0.15, -0.1) is 0 Å². The van der Waals surface area contributed by atoms with Gasteiger partial charge in [-0.25, -0.2) is 4.98 Å². The average molecular weight is 302 g/mol. The molecule has 2 rings (SSSR count). The molecule has 7 nitrogen and oxygen atoms in total. The minimum atomic E-state index is -0.413. The van der Waals surface area contributed by atoms with Crippen LogP contribution in [0.15, 0.2) is 36.5 Å².